The van der Waals surface area contributed by atoms with Gasteiger partial charge in [-0.25, -0.2) is 9.13 Å². The van der Waals surface area contributed by atoms with Gasteiger partial charge in [0.15, 0.2) is 5.85 Å². The minimum absolute atomic E-state index is 0.507. The van der Waals surface area contributed by atoms with Gasteiger partial charge in [0.1, 0.15) is 6.54 Å². The highest BCUT2D eigenvalue weighted by molar-refractivity contribution is 7.31. The zero-order chi connectivity index (χ0) is 14.7. The summed E-state index contributed by atoms with van der Waals surface area (Å²) in [4.78, 5) is 0. The number of unbranched alkanes of at least 4 members (excludes halogenated alkanes) is 5. The SMILES string of the molecule is CCCCCCCCC(OCC[N+](C)(C)C)P(=O)=O. The van der Waals surface area contributed by atoms with Gasteiger partial charge in [0.2, 0.25) is 0 Å². The Hall–Kier alpha value is -0.180. The van der Waals surface area contributed by atoms with E-state index in [-0.39, 0.29) is 0 Å². The average molecular weight is 292 g/mol. The molecule has 0 amide bonds. The highest BCUT2D eigenvalue weighted by atomic mass is 31.1. The molecule has 0 heterocycles. The Kier molecular flexibility index (Phi) is 10.5. The zero-order valence-electron chi connectivity index (χ0n) is 13.1. The fourth-order valence-electron chi connectivity index (χ4n) is 1.81. The third-order valence-corrected chi connectivity index (χ3v) is 3.99. The zero-order valence-corrected chi connectivity index (χ0v) is 14.0. The summed E-state index contributed by atoms with van der Waals surface area (Å²) < 4.78 is 28.5. The van der Waals surface area contributed by atoms with E-state index in [1.807, 2.05) is 0 Å². The molecule has 0 aliphatic carbocycles. The monoisotopic (exact) mass is 292 g/mol. The van der Waals surface area contributed by atoms with Crippen molar-refractivity contribution in [3.8, 4) is 0 Å². The quantitative estimate of drug-likeness (QED) is 0.311. The summed E-state index contributed by atoms with van der Waals surface area (Å²) in [5.74, 6) is -0.590. The largest absolute Gasteiger partial charge is 0.357 e. The molecule has 0 fully saturated rings. The van der Waals surface area contributed by atoms with Crippen molar-refractivity contribution in [1.82, 2.24) is 0 Å². The molecular weight excluding hydrogens is 261 g/mol. The van der Waals surface area contributed by atoms with E-state index in [2.05, 4.69) is 28.1 Å². The Bertz CT molecular complexity index is 277. The van der Waals surface area contributed by atoms with E-state index in [0.717, 1.165) is 23.9 Å². The molecule has 0 aromatic heterocycles. The van der Waals surface area contributed by atoms with Crippen LogP contribution in [0.4, 0.5) is 0 Å². The molecular formula is C14H31NO3P+. The highest BCUT2D eigenvalue weighted by Gasteiger charge is 2.16. The van der Waals surface area contributed by atoms with Gasteiger partial charge in [0.25, 0.3) is 0 Å². The standard InChI is InChI=1S/C14H31NO3P/c1-5-6-7-8-9-10-11-14(19(16)17)18-13-12-15(2,3)4/h14H,5-13H2,1-4H3/q+1. The Labute approximate surface area is 118 Å². The Morgan fingerprint density at radius 3 is 2.11 bits per heavy atom. The molecule has 5 heteroatoms. The molecule has 0 N–H and O–H groups in total. The summed E-state index contributed by atoms with van der Waals surface area (Å²) in [5, 5.41) is 0. The van der Waals surface area contributed by atoms with Crippen LogP contribution in [0.1, 0.15) is 51.9 Å². The molecule has 114 valence electrons. The summed E-state index contributed by atoms with van der Waals surface area (Å²) in [5.41, 5.74) is 0. The van der Waals surface area contributed by atoms with E-state index >= 15 is 0 Å². The lowest BCUT2D eigenvalue weighted by Gasteiger charge is -2.24. The lowest BCUT2D eigenvalue weighted by molar-refractivity contribution is -0.870. The molecule has 0 bridgehead atoms. The van der Waals surface area contributed by atoms with Crippen LogP contribution in [0.5, 0.6) is 0 Å². The Balaban J connectivity index is 3.75. The first kappa shape index (κ1) is 18.8. The van der Waals surface area contributed by atoms with Crippen LogP contribution in [0.15, 0.2) is 0 Å². The number of rotatable bonds is 12. The maximum atomic E-state index is 11.1. The molecule has 1 unspecified atom stereocenters. The Morgan fingerprint density at radius 1 is 1.00 bits per heavy atom. The molecule has 0 radical (unpaired) electrons. The van der Waals surface area contributed by atoms with E-state index in [9.17, 15) is 9.13 Å². The van der Waals surface area contributed by atoms with Crippen LogP contribution in [0.25, 0.3) is 0 Å². The van der Waals surface area contributed by atoms with Crippen LogP contribution in [0.2, 0.25) is 0 Å². The number of ether oxygens (including phenoxy) is 1. The molecule has 19 heavy (non-hydrogen) atoms. The lowest BCUT2D eigenvalue weighted by Crippen LogP contribution is -2.38. The first-order chi connectivity index (χ1) is 8.87. The van der Waals surface area contributed by atoms with Gasteiger partial charge in [-0.1, -0.05) is 39.0 Å². The molecule has 0 saturated heterocycles. The summed E-state index contributed by atoms with van der Waals surface area (Å²) in [6.45, 7) is 3.53. The second kappa shape index (κ2) is 10.6. The molecule has 1 atom stereocenters. The van der Waals surface area contributed by atoms with Crippen molar-refractivity contribution in [2.24, 2.45) is 0 Å². The van der Waals surface area contributed by atoms with E-state index in [4.69, 9.17) is 4.74 Å². The minimum Gasteiger partial charge on any atom is -0.357 e. The van der Waals surface area contributed by atoms with Crippen LogP contribution in [-0.2, 0) is 13.9 Å². The maximum Gasteiger partial charge on any atom is 0.345 e. The molecule has 0 aromatic carbocycles. The molecule has 0 rings (SSSR count). The van der Waals surface area contributed by atoms with Crippen molar-refractivity contribution < 1.29 is 18.3 Å². The third-order valence-electron chi connectivity index (χ3n) is 3.11. The second-order valence-electron chi connectivity index (χ2n) is 6.18. The van der Waals surface area contributed by atoms with Crippen molar-refractivity contribution in [3.63, 3.8) is 0 Å². The summed E-state index contributed by atoms with van der Waals surface area (Å²) in [7, 11) is 3.75. The van der Waals surface area contributed by atoms with Gasteiger partial charge >= 0.3 is 7.68 Å². The van der Waals surface area contributed by atoms with Gasteiger partial charge < -0.3 is 9.22 Å². The molecule has 0 aliphatic heterocycles. The van der Waals surface area contributed by atoms with E-state index in [1.54, 1.807) is 0 Å². The van der Waals surface area contributed by atoms with Gasteiger partial charge in [0, 0.05) is 0 Å². The predicted molar refractivity (Wildman–Crippen MR) is 78.9 cm³/mol. The lowest BCUT2D eigenvalue weighted by atomic mass is 10.1. The summed E-state index contributed by atoms with van der Waals surface area (Å²) in [6.07, 6.45) is 7.67. The van der Waals surface area contributed by atoms with Crippen molar-refractivity contribution >= 4 is 7.68 Å². The van der Waals surface area contributed by atoms with E-state index < -0.39 is 13.5 Å². The van der Waals surface area contributed by atoms with Gasteiger partial charge in [-0.3, -0.25) is 0 Å². The predicted octanol–water partition coefficient (Wildman–Crippen LogP) is 3.96. The maximum absolute atomic E-state index is 11.1. The van der Waals surface area contributed by atoms with Crippen molar-refractivity contribution in [3.05, 3.63) is 0 Å². The van der Waals surface area contributed by atoms with E-state index in [1.165, 1.54) is 25.7 Å². The van der Waals surface area contributed by atoms with Crippen molar-refractivity contribution in [2.45, 2.75) is 57.7 Å². The summed E-state index contributed by atoms with van der Waals surface area (Å²) >= 11 is 0. The number of nitrogens with zero attached hydrogens (tertiary/aromatic N) is 1. The van der Waals surface area contributed by atoms with Crippen LogP contribution in [0, 0.1) is 0 Å². The Morgan fingerprint density at radius 2 is 1.58 bits per heavy atom. The molecule has 0 aromatic rings. The highest BCUT2D eigenvalue weighted by Crippen LogP contribution is 2.22. The van der Waals surface area contributed by atoms with Crippen molar-refractivity contribution in [1.29, 1.82) is 0 Å². The fourth-order valence-corrected chi connectivity index (χ4v) is 2.43. The van der Waals surface area contributed by atoms with Gasteiger partial charge in [0.05, 0.1) is 27.7 Å². The first-order valence-corrected chi connectivity index (χ1v) is 8.67. The molecule has 4 nitrogen and oxygen atoms in total. The second-order valence-corrected chi connectivity index (χ2v) is 7.33. The van der Waals surface area contributed by atoms with Crippen LogP contribution in [0.3, 0.4) is 0 Å². The molecule has 0 saturated carbocycles. The van der Waals surface area contributed by atoms with Gasteiger partial charge in [-0.15, -0.1) is 0 Å². The normalized spacial score (nSPS) is 13.5. The number of hydrogen-bond donors (Lipinski definition) is 0. The summed E-state index contributed by atoms with van der Waals surface area (Å²) in [6, 6.07) is 0. The van der Waals surface area contributed by atoms with Gasteiger partial charge in [-0.05, 0) is 12.8 Å². The minimum atomic E-state index is -2.47. The van der Waals surface area contributed by atoms with Crippen LogP contribution >= 0.6 is 7.68 Å². The van der Waals surface area contributed by atoms with Crippen molar-refractivity contribution in [2.75, 3.05) is 34.3 Å². The van der Waals surface area contributed by atoms with E-state index in [0.29, 0.717) is 13.0 Å². The molecule has 0 spiro atoms. The topological polar surface area (TPSA) is 43.4 Å². The number of likely N-dealkylation sites (N-methyl/N-ethyl adjacent to an activating group) is 1. The molecule has 0 aliphatic rings. The average Bonchev–Trinajstić information content (AvgIpc) is 2.29. The number of quaternary nitrogens is 1. The fraction of sp³-hybridized carbons (Fsp3) is 1.00. The number of hydrogen-bond acceptors (Lipinski definition) is 3. The van der Waals surface area contributed by atoms with Crippen LogP contribution in [-0.4, -0.2) is 44.6 Å². The van der Waals surface area contributed by atoms with Gasteiger partial charge in [-0.2, -0.15) is 0 Å². The first-order valence-electron chi connectivity index (χ1n) is 7.42. The smallest absolute Gasteiger partial charge is 0.345 e. The van der Waals surface area contributed by atoms with Crippen LogP contribution < -0.4 is 0 Å². The third kappa shape index (κ3) is 12.6.